The van der Waals surface area contributed by atoms with E-state index in [2.05, 4.69) is 11.2 Å². The van der Waals surface area contributed by atoms with Crippen molar-refractivity contribution in [1.29, 1.82) is 10.7 Å². The van der Waals surface area contributed by atoms with Crippen LogP contribution in [0, 0.1) is 16.9 Å². The number of nitrogens with zero attached hydrogens (tertiary/aromatic N) is 3. The Balaban J connectivity index is 1.83. The summed E-state index contributed by atoms with van der Waals surface area (Å²) < 4.78 is 0. The lowest BCUT2D eigenvalue weighted by molar-refractivity contribution is 0.101. The van der Waals surface area contributed by atoms with Crippen molar-refractivity contribution in [3.05, 3.63) is 40.9 Å². The molecule has 1 aliphatic rings. The molecular weight excluding hydrogens is 356 g/mol. The van der Waals surface area contributed by atoms with Crippen LogP contribution in [-0.2, 0) is 0 Å². The number of benzene rings is 1. The summed E-state index contributed by atoms with van der Waals surface area (Å²) >= 11 is 1.40. The Morgan fingerprint density at radius 1 is 1.22 bits per heavy atom. The first kappa shape index (κ1) is 19.2. The number of carbonyl (C=O) groups is 1. The molecule has 1 saturated carbocycles. The van der Waals surface area contributed by atoms with Gasteiger partial charge in [0, 0.05) is 22.5 Å². The number of amidine groups is 1. The second-order valence-electron chi connectivity index (χ2n) is 6.96. The minimum absolute atomic E-state index is 0.00870. The fourth-order valence-electron chi connectivity index (χ4n) is 3.61. The Morgan fingerprint density at radius 2 is 1.89 bits per heavy atom. The molecule has 0 amide bonds. The van der Waals surface area contributed by atoms with Crippen molar-refractivity contribution in [1.82, 2.24) is 9.88 Å². The highest BCUT2D eigenvalue weighted by molar-refractivity contribution is 7.13. The second-order valence-corrected chi connectivity index (χ2v) is 7.82. The van der Waals surface area contributed by atoms with Crippen LogP contribution in [0.4, 0.5) is 0 Å². The summed E-state index contributed by atoms with van der Waals surface area (Å²) in [6.07, 6.45) is 9.97. The van der Waals surface area contributed by atoms with Crippen LogP contribution in [0.3, 0.4) is 0 Å². The van der Waals surface area contributed by atoms with E-state index in [-0.39, 0.29) is 17.7 Å². The molecule has 0 saturated heterocycles. The largest absolute Gasteiger partial charge is 0.294 e. The fourth-order valence-corrected chi connectivity index (χ4v) is 4.46. The molecule has 1 aromatic carbocycles. The molecule has 5 nitrogen and oxygen atoms in total. The van der Waals surface area contributed by atoms with E-state index in [0.29, 0.717) is 16.3 Å². The molecule has 0 atom stereocenters. The third-order valence-corrected chi connectivity index (χ3v) is 5.95. The smallest absolute Gasteiger partial charge is 0.185 e. The first-order valence-electron chi connectivity index (χ1n) is 9.45. The van der Waals surface area contributed by atoms with Gasteiger partial charge < -0.3 is 0 Å². The Labute approximate surface area is 164 Å². The van der Waals surface area contributed by atoms with Gasteiger partial charge in [-0.15, -0.1) is 11.3 Å². The number of Topliss-reactive ketones (excluding diaryl/α,β-unsaturated/α-hetero) is 1. The fraction of sp³-hybridized carbons (Fsp3) is 0.429. The van der Waals surface area contributed by atoms with Crippen LogP contribution in [0.5, 0.6) is 0 Å². The minimum atomic E-state index is -0.00870. The Kier molecular flexibility index (Phi) is 6.36. The van der Waals surface area contributed by atoms with Gasteiger partial charge in [-0.3, -0.25) is 15.1 Å². The van der Waals surface area contributed by atoms with Crippen molar-refractivity contribution in [2.24, 2.45) is 0 Å². The van der Waals surface area contributed by atoms with Crippen LogP contribution >= 0.6 is 11.3 Å². The highest BCUT2D eigenvalue weighted by Crippen LogP contribution is 2.29. The quantitative estimate of drug-likeness (QED) is 0.259. The highest BCUT2D eigenvalue weighted by Gasteiger charge is 2.24. The summed E-state index contributed by atoms with van der Waals surface area (Å²) in [7, 11) is 0. The normalized spacial score (nSPS) is 15.4. The van der Waals surface area contributed by atoms with E-state index in [1.54, 1.807) is 13.0 Å². The maximum absolute atomic E-state index is 11.9. The summed E-state index contributed by atoms with van der Waals surface area (Å²) in [4.78, 5) is 18.0. The molecule has 0 unspecified atom stereocenters. The van der Waals surface area contributed by atoms with Gasteiger partial charge in [0.05, 0.1) is 0 Å². The maximum Gasteiger partial charge on any atom is 0.185 e. The van der Waals surface area contributed by atoms with Crippen molar-refractivity contribution in [3.63, 3.8) is 0 Å². The molecule has 0 spiro atoms. The minimum Gasteiger partial charge on any atom is -0.294 e. The standard InChI is InChI=1S/C21H24N4OS/c1-15(26)17-11-7-8-12-18(17)21-24-19(13-27-21)20(23)25(14-22)16-9-5-3-2-4-6-10-16/h7-8,11-13,16,23H,2-6,9-10H2,1H3. The average Bonchev–Trinajstić information content (AvgIpc) is 3.13. The number of carbonyl (C=O) groups excluding carboxylic acids is 1. The lowest BCUT2D eigenvalue weighted by Gasteiger charge is -2.28. The SMILES string of the molecule is CC(=O)c1ccccc1-c1nc(C(=N)N(C#N)C2CCCCCCC2)cs1. The van der Waals surface area contributed by atoms with E-state index in [1.807, 2.05) is 23.6 Å². The zero-order valence-corrected chi connectivity index (χ0v) is 16.4. The topological polar surface area (TPSA) is 80.8 Å². The molecule has 3 rings (SSSR count). The Hall–Kier alpha value is -2.52. The third-order valence-electron chi connectivity index (χ3n) is 5.07. The molecule has 1 heterocycles. The number of hydrogen-bond acceptors (Lipinski definition) is 5. The Morgan fingerprint density at radius 3 is 2.56 bits per heavy atom. The summed E-state index contributed by atoms with van der Waals surface area (Å²) in [5.41, 5.74) is 1.91. The lowest BCUT2D eigenvalue weighted by atomic mass is 9.95. The van der Waals surface area contributed by atoms with Gasteiger partial charge >= 0.3 is 0 Å². The van der Waals surface area contributed by atoms with E-state index in [4.69, 9.17) is 5.41 Å². The number of thiazole rings is 1. The van der Waals surface area contributed by atoms with Crippen molar-refractivity contribution >= 4 is 23.0 Å². The van der Waals surface area contributed by atoms with Crippen LogP contribution in [-0.4, -0.2) is 27.5 Å². The molecule has 1 fully saturated rings. The zero-order chi connectivity index (χ0) is 19.2. The summed E-state index contributed by atoms with van der Waals surface area (Å²) in [6.45, 7) is 1.54. The van der Waals surface area contributed by atoms with E-state index in [0.717, 1.165) is 31.2 Å². The van der Waals surface area contributed by atoms with E-state index >= 15 is 0 Å². The summed E-state index contributed by atoms with van der Waals surface area (Å²) in [5.74, 6) is 0.150. The molecular formula is C21H24N4OS. The first-order chi connectivity index (χ1) is 13.1. The summed E-state index contributed by atoms with van der Waals surface area (Å²) in [5, 5.41) is 20.7. The van der Waals surface area contributed by atoms with Gasteiger partial charge in [0.15, 0.2) is 17.8 Å². The third kappa shape index (κ3) is 4.42. The van der Waals surface area contributed by atoms with E-state index < -0.39 is 0 Å². The molecule has 6 heteroatoms. The molecule has 0 bridgehead atoms. The monoisotopic (exact) mass is 380 g/mol. The van der Waals surface area contributed by atoms with Crippen molar-refractivity contribution in [2.75, 3.05) is 0 Å². The number of aromatic nitrogens is 1. The number of nitrogens with one attached hydrogen (secondary N) is 1. The van der Waals surface area contributed by atoms with Gasteiger partial charge in [0.2, 0.25) is 0 Å². The lowest BCUT2D eigenvalue weighted by Crippen LogP contribution is -2.37. The zero-order valence-electron chi connectivity index (χ0n) is 15.6. The van der Waals surface area contributed by atoms with Gasteiger partial charge in [0.25, 0.3) is 0 Å². The van der Waals surface area contributed by atoms with Gasteiger partial charge in [-0.2, -0.15) is 5.26 Å². The maximum atomic E-state index is 11.9. The van der Waals surface area contributed by atoms with E-state index in [9.17, 15) is 10.1 Å². The molecule has 0 aliphatic heterocycles. The average molecular weight is 381 g/mol. The van der Waals surface area contributed by atoms with Gasteiger partial charge in [-0.1, -0.05) is 56.4 Å². The van der Waals surface area contributed by atoms with Crippen LogP contribution in [0.1, 0.15) is 67.9 Å². The molecule has 2 aromatic rings. The van der Waals surface area contributed by atoms with Crippen molar-refractivity contribution in [2.45, 2.75) is 57.9 Å². The predicted octanol–water partition coefficient (Wildman–Crippen LogP) is 5.23. The van der Waals surface area contributed by atoms with Gasteiger partial charge in [-0.25, -0.2) is 4.98 Å². The van der Waals surface area contributed by atoms with Crippen molar-refractivity contribution < 1.29 is 4.79 Å². The number of hydrogen-bond donors (Lipinski definition) is 1. The first-order valence-corrected chi connectivity index (χ1v) is 10.3. The van der Waals surface area contributed by atoms with Crippen LogP contribution in [0.25, 0.3) is 10.6 Å². The van der Waals surface area contributed by atoms with Gasteiger partial charge in [-0.05, 0) is 19.8 Å². The van der Waals surface area contributed by atoms with Crippen molar-refractivity contribution in [3.8, 4) is 16.8 Å². The molecule has 1 N–H and O–H groups in total. The van der Waals surface area contributed by atoms with Crippen LogP contribution in [0.2, 0.25) is 0 Å². The Bertz CT molecular complexity index is 859. The molecule has 1 aromatic heterocycles. The van der Waals surface area contributed by atoms with Crippen LogP contribution in [0.15, 0.2) is 29.6 Å². The second kappa shape index (κ2) is 8.92. The van der Waals surface area contributed by atoms with E-state index in [1.165, 1.54) is 35.5 Å². The number of nitriles is 1. The highest BCUT2D eigenvalue weighted by atomic mass is 32.1. The molecule has 27 heavy (non-hydrogen) atoms. The molecule has 0 radical (unpaired) electrons. The molecule has 1 aliphatic carbocycles. The number of rotatable bonds is 4. The predicted molar refractivity (Wildman–Crippen MR) is 108 cm³/mol. The summed E-state index contributed by atoms with van der Waals surface area (Å²) in [6, 6.07) is 7.46. The van der Waals surface area contributed by atoms with Gasteiger partial charge in [0.1, 0.15) is 10.7 Å². The molecule has 140 valence electrons. The number of ketones is 1. The van der Waals surface area contributed by atoms with Crippen LogP contribution < -0.4 is 0 Å².